The van der Waals surface area contributed by atoms with Gasteiger partial charge in [-0.25, -0.2) is 19.2 Å². The number of anilines is 2. The van der Waals surface area contributed by atoms with Crippen LogP contribution in [-0.4, -0.2) is 22.6 Å². The van der Waals surface area contributed by atoms with Crippen molar-refractivity contribution in [2.24, 2.45) is 5.92 Å². The van der Waals surface area contributed by atoms with Gasteiger partial charge in [0.25, 0.3) is 0 Å². The van der Waals surface area contributed by atoms with Crippen LogP contribution in [-0.2, 0) is 12.4 Å². The van der Waals surface area contributed by atoms with Crippen molar-refractivity contribution in [3.63, 3.8) is 0 Å². The number of nitrogens with one attached hydrogen (secondary N) is 2. The highest BCUT2D eigenvalue weighted by molar-refractivity contribution is 5.70. The number of rotatable bonds is 5. The summed E-state index contributed by atoms with van der Waals surface area (Å²) in [6.07, 6.45) is -7.66. The molecule has 0 bridgehead atoms. The Morgan fingerprint density at radius 1 is 1.13 bits per heavy atom. The minimum Gasteiger partial charge on any atom is -0.406 e. The second-order valence-corrected chi connectivity index (χ2v) is 6.79. The Hall–Kier alpha value is -3.12. The summed E-state index contributed by atoms with van der Waals surface area (Å²) in [6, 6.07) is 1.67. The van der Waals surface area contributed by atoms with Crippen LogP contribution in [0.1, 0.15) is 30.5 Å². The van der Waals surface area contributed by atoms with Crippen LogP contribution in [0.3, 0.4) is 0 Å². The van der Waals surface area contributed by atoms with Gasteiger partial charge in [-0.05, 0) is 37.0 Å². The molecule has 2 aromatic rings. The molecule has 168 valence electrons. The van der Waals surface area contributed by atoms with Crippen LogP contribution in [0.4, 0.5) is 47.2 Å². The zero-order valence-corrected chi connectivity index (χ0v) is 15.6. The number of aromatic nitrogens is 2. The molecule has 1 amide bonds. The first-order valence-electron chi connectivity index (χ1n) is 8.97. The van der Waals surface area contributed by atoms with Gasteiger partial charge >= 0.3 is 18.4 Å². The van der Waals surface area contributed by atoms with E-state index in [1.54, 1.807) is 0 Å². The van der Waals surface area contributed by atoms with Crippen molar-refractivity contribution in [2.75, 3.05) is 11.9 Å². The summed E-state index contributed by atoms with van der Waals surface area (Å²) in [5.74, 6) is -3.02. The van der Waals surface area contributed by atoms with Crippen molar-refractivity contribution in [3.05, 3.63) is 41.5 Å². The van der Waals surface area contributed by atoms with Gasteiger partial charge in [-0.1, -0.05) is 6.42 Å². The van der Waals surface area contributed by atoms with E-state index < -0.39 is 47.2 Å². The summed E-state index contributed by atoms with van der Waals surface area (Å²) in [4.78, 5) is 18.5. The number of halogens is 7. The van der Waals surface area contributed by atoms with Crippen molar-refractivity contribution < 1.29 is 40.3 Å². The Balaban J connectivity index is 1.76. The van der Waals surface area contributed by atoms with Crippen molar-refractivity contribution >= 4 is 17.7 Å². The number of benzene rings is 1. The molecular formula is C18H15F7N4O2. The van der Waals surface area contributed by atoms with E-state index in [4.69, 9.17) is 0 Å². The standard InChI is InChI=1S/C18H15F7N4O2/c19-12-6-10(4-5-11(12)17(20,21)22)28-15-26-8-13(14(29-15)18(23,24)25)31-16(30)27-7-9-2-1-3-9/h4-6,8-9H,1-3,7H2,(H,27,30)(H,26,28,29). The van der Waals surface area contributed by atoms with Gasteiger partial charge < -0.3 is 15.4 Å². The molecule has 3 rings (SSSR count). The number of ether oxygens (including phenoxy) is 1. The third-order valence-electron chi connectivity index (χ3n) is 4.52. The number of alkyl halides is 6. The van der Waals surface area contributed by atoms with Crippen molar-refractivity contribution in [1.29, 1.82) is 0 Å². The largest absolute Gasteiger partial charge is 0.437 e. The average molecular weight is 452 g/mol. The third kappa shape index (κ3) is 5.73. The summed E-state index contributed by atoms with van der Waals surface area (Å²) >= 11 is 0. The van der Waals surface area contributed by atoms with E-state index in [1.807, 2.05) is 0 Å². The Kier molecular flexibility index (Phi) is 6.23. The lowest BCUT2D eigenvalue weighted by Crippen LogP contribution is -2.34. The first-order valence-corrected chi connectivity index (χ1v) is 8.97. The van der Waals surface area contributed by atoms with Gasteiger partial charge in [0.1, 0.15) is 5.82 Å². The maximum Gasteiger partial charge on any atom is 0.437 e. The predicted octanol–water partition coefficient (Wildman–Crippen LogP) is 5.29. The summed E-state index contributed by atoms with van der Waals surface area (Å²) in [6.45, 7) is 0.264. The highest BCUT2D eigenvalue weighted by atomic mass is 19.4. The predicted molar refractivity (Wildman–Crippen MR) is 93.1 cm³/mol. The van der Waals surface area contributed by atoms with Gasteiger partial charge in [0.2, 0.25) is 5.95 Å². The van der Waals surface area contributed by atoms with Crippen LogP contribution >= 0.6 is 0 Å². The van der Waals surface area contributed by atoms with Crippen LogP contribution in [0.15, 0.2) is 24.4 Å². The third-order valence-corrected chi connectivity index (χ3v) is 4.52. The fourth-order valence-electron chi connectivity index (χ4n) is 2.72. The Morgan fingerprint density at radius 2 is 1.84 bits per heavy atom. The second-order valence-electron chi connectivity index (χ2n) is 6.79. The maximum atomic E-state index is 13.6. The molecule has 1 heterocycles. The van der Waals surface area contributed by atoms with E-state index in [0.29, 0.717) is 18.3 Å². The summed E-state index contributed by atoms with van der Waals surface area (Å²) in [5, 5.41) is 4.54. The molecule has 0 spiro atoms. The molecular weight excluding hydrogens is 437 g/mol. The second kappa shape index (κ2) is 8.55. The monoisotopic (exact) mass is 452 g/mol. The van der Waals surface area contributed by atoms with Crippen LogP contribution in [0, 0.1) is 11.7 Å². The number of carbonyl (C=O) groups excluding carboxylic acids is 1. The molecule has 0 radical (unpaired) electrons. The summed E-state index contributed by atoms with van der Waals surface area (Å²) < 4.78 is 96.1. The topological polar surface area (TPSA) is 76.1 Å². The lowest BCUT2D eigenvalue weighted by molar-refractivity contribution is -0.142. The minimum absolute atomic E-state index is 0.251. The Morgan fingerprint density at radius 3 is 2.39 bits per heavy atom. The van der Waals surface area contributed by atoms with E-state index in [9.17, 15) is 35.5 Å². The minimum atomic E-state index is -5.03. The lowest BCUT2D eigenvalue weighted by atomic mass is 9.85. The Labute approximate surface area is 170 Å². The number of hydrogen-bond donors (Lipinski definition) is 2. The zero-order chi connectivity index (χ0) is 22.8. The van der Waals surface area contributed by atoms with E-state index in [2.05, 4.69) is 25.3 Å². The molecule has 0 saturated heterocycles. The molecule has 1 aromatic heterocycles. The summed E-state index contributed by atoms with van der Waals surface area (Å²) in [7, 11) is 0. The van der Waals surface area contributed by atoms with Gasteiger partial charge in [0, 0.05) is 12.2 Å². The fourth-order valence-corrected chi connectivity index (χ4v) is 2.72. The molecule has 0 unspecified atom stereocenters. The van der Waals surface area contributed by atoms with Crippen molar-refractivity contribution in [1.82, 2.24) is 15.3 Å². The molecule has 1 aromatic carbocycles. The number of carbonyl (C=O) groups is 1. The van der Waals surface area contributed by atoms with E-state index in [0.717, 1.165) is 25.3 Å². The van der Waals surface area contributed by atoms with Gasteiger partial charge in [0.05, 0.1) is 11.8 Å². The fraction of sp³-hybridized carbons (Fsp3) is 0.389. The quantitative estimate of drug-likeness (QED) is 0.604. The van der Waals surface area contributed by atoms with Crippen LogP contribution in [0.5, 0.6) is 5.75 Å². The van der Waals surface area contributed by atoms with Gasteiger partial charge in [-0.15, -0.1) is 0 Å². The van der Waals surface area contributed by atoms with Gasteiger partial charge in [-0.2, -0.15) is 26.3 Å². The molecule has 0 aliphatic heterocycles. The molecule has 2 N–H and O–H groups in total. The highest BCUT2D eigenvalue weighted by Gasteiger charge is 2.38. The smallest absolute Gasteiger partial charge is 0.406 e. The number of nitrogens with zero attached hydrogens (tertiary/aromatic N) is 2. The highest BCUT2D eigenvalue weighted by Crippen LogP contribution is 2.36. The maximum absolute atomic E-state index is 13.6. The normalized spacial score (nSPS) is 14.7. The first-order chi connectivity index (χ1) is 14.4. The van der Waals surface area contributed by atoms with E-state index in [1.165, 1.54) is 0 Å². The molecule has 31 heavy (non-hydrogen) atoms. The SMILES string of the molecule is O=C(NCC1CCC1)Oc1cnc(Nc2ccc(C(F)(F)F)c(F)c2)nc1C(F)(F)F. The average Bonchev–Trinajstić information content (AvgIpc) is 2.59. The van der Waals surface area contributed by atoms with Gasteiger partial charge in [-0.3, -0.25) is 0 Å². The molecule has 1 saturated carbocycles. The molecule has 13 heteroatoms. The van der Waals surface area contributed by atoms with Crippen LogP contribution in [0.25, 0.3) is 0 Å². The van der Waals surface area contributed by atoms with Crippen LogP contribution < -0.4 is 15.4 Å². The number of hydrogen-bond acceptors (Lipinski definition) is 5. The Bertz CT molecular complexity index is 959. The van der Waals surface area contributed by atoms with Crippen molar-refractivity contribution in [3.8, 4) is 5.75 Å². The van der Waals surface area contributed by atoms with E-state index >= 15 is 0 Å². The first kappa shape index (κ1) is 22.6. The molecule has 0 atom stereocenters. The van der Waals surface area contributed by atoms with Crippen LogP contribution in [0.2, 0.25) is 0 Å². The van der Waals surface area contributed by atoms with E-state index in [-0.39, 0.29) is 18.2 Å². The number of amides is 1. The molecule has 1 aliphatic carbocycles. The van der Waals surface area contributed by atoms with Gasteiger partial charge in [0.15, 0.2) is 11.4 Å². The molecule has 1 fully saturated rings. The lowest BCUT2D eigenvalue weighted by Gasteiger charge is -2.25. The molecule has 6 nitrogen and oxygen atoms in total. The summed E-state index contributed by atoms with van der Waals surface area (Å²) in [5.41, 5.74) is -3.44. The van der Waals surface area contributed by atoms with Crippen molar-refractivity contribution in [2.45, 2.75) is 31.6 Å². The molecule has 1 aliphatic rings. The zero-order valence-electron chi connectivity index (χ0n) is 15.6.